The first kappa shape index (κ1) is 13.3. The molecule has 1 heterocycles. The highest BCUT2D eigenvalue weighted by molar-refractivity contribution is 6.30. The van der Waals surface area contributed by atoms with Crippen molar-refractivity contribution in [1.82, 2.24) is 4.90 Å². The zero-order valence-electron chi connectivity index (χ0n) is 10.1. The number of amides is 1. The Morgan fingerprint density at radius 1 is 1.56 bits per heavy atom. The molecule has 1 amide bonds. The van der Waals surface area contributed by atoms with Crippen molar-refractivity contribution in [3.8, 4) is 0 Å². The molecule has 0 bridgehead atoms. The highest BCUT2D eigenvalue weighted by Gasteiger charge is 2.23. The van der Waals surface area contributed by atoms with Crippen molar-refractivity contribution < 1.29 is 9.53 Å². The van der Waals surface area contributed by atoms with Crippen LogP contribution in [0.5, 0.6) is 0 Å². The molecule has 0 spiro atoms. The Morgan fingerprint density at radius 2 is 2.39 bits per heavy atom. The van der Waals surface area contributed by atoms with E-state index >= 15 is 0 Å². The van der Waals surface area contributed by atoms with E-state index in [4.69, 9.17) is 22.1 Å². The molecule has 0 radical (unpaired) electrons. The standard InChI is InChI=1S/C13H17ClN2O2/c14-11-3-1-2-10(6-11)7-13(17)16-4-5-18-12(8-15)9-16/h1-3,6,12H,4-5,7-9,15H2. The SMILES string of the molecule is NCC1CN(C(=O)Cc2cccc(Cl)c2)CCO1. The summed E-state index contributed by atoms with van der Waals surface area (Å²) in [7, 11) is 0. The number of hydrogen-bond donors (Lipinski definition) is 1. The number of hydrogen-bond acceptors (Lipinski definition) is 3. The summed E-state index contributed by atoms with van der Waals surface area (Å²) in [6.07, 6.45) is 0.333. The van der Waals surface area contributed by atoms with Gasteiger partial charge < -0.3 is 15.4 Å². The number of carbonyl (C=O) groups excluding carboxylic acids is 1. The molecule has 1 atom stereocenters. The molecule has 0 saturated carbocycles. The summed E-state index contributed by atoms with van der Waals surface area (Å²) in [4.78, 5) is 13.9. The van der Waals surface area contributed by atoms with Crippen LogP contribution in [0.4, 0.5) is 0 Å². The molecular formula is C13H17ClN2O2. The first-order valence-corrected chi connectivity index (χ1v) is 6.40. The minimum atomic E-state index is -0.0398. The van der Waals surface area contributed by atoms with Crippen LogP contribution < -0.4 is 5.73 Å². The van der Waals surface area contributed by atoms with E-state index in [0.717, 1.165) is 5.56 Å². The van der Waals surface area contributed by atoms with Crippen LogP contribution in [0.25, 0.3) is 0 Å². The predicted molar refractivity (Wildman–Crippen MR) is 70.5 cm³/mol. The molecule has 1 aliphatic rings. The largest absolute Gasteiger partial charge is 0.373 e. The number of halogens is 1. The summed E-state index contributed by atoms with van der Waals surface area (Å²) in [5.41, 5.74) is 6.49. The average Bonchev–Trinajstić information content (AvgIpc) is 2.39. The van der Waals surface area contributed by atoms with E-state index in [1.165, 1.54) is 0 Å². The van der Waals surface area contributed by atoms with Crippen molar-refractivity contribution in [2.24, 2.45) is 5.73 Å². The second-order valence-corrected chi connectivity index (χ2v) is 4.81. The quantitative estimate of drug-likeness (QED) is 0.892. The van der Waals surface area contributed by atoms with Gasteiger partial charge in [-0.15, -0.1) is 0 Å². The molecule has 2 N–H and O–H groups in total. The second-order valence-electron chi connectivity index (χ2n) is 4.37. The lowest BCUT2D eigenvalue weighted by atomic mass is 10.1. The average molecular weight is 269 g/mol. The van der Waals surface area contributed by atoms with E-state index in [1.807, 2.05) is 23.1 Å². The Kier molecular flexibility index (Phi) is 4.58. The molecule has 1 aromatic carbocycles. The third kappa shape index (κ3) is 3.45. The molecule has 4 nitrogen and oxygen atoms in total. The molecule has 2 rings (SSSR count). The molecule has 0 aliphatic carbocycles. The molecule has 1 aliphatic heterocycles. The van der Waals surface area contributed by atoms with Gasteiger partial charge in [-0.25, -0.2) is 0 Å². The van der Waals surface area contributed by atoms with Crippen LogP contribution >= 0.6 is 11.6 Å². The lowest BCUT2D eigenvalue weighted by Crippen LogP contribution is -2.48. The van der Waals surface area contributed by atoms with Crippen molar-refractivity contribution in [2.75, 3.05) is 26.2 Å². The van der Waals surface area contributed by atoms with Gasteiger partial charge in [-0.3, -0.25) is 4.79 Å². The molecule has 0 aromatic heterocycles. The van der Waals surface area contributed by atoms with Crippen LogP contribution in [0.2, 0.25) is 5.02 Å². The molecule has 5 heteroatoms. The van der Waals surface area contributed by atoms with Gasteiger partial charge in [0.2, 0.25) is 5.91 Å². The second kappa shape index (κ2) is 6.18. The van der Waals surface area contributed by atoms with Gasteiger partial charge in [0.1, 0.15) is 0 Å². The Bertz CT molecular complexity index is 425. The van der Waals surface area contributed by atoms with Crippen LogP contribution in [0.15, 0.2) is 24.3 Å². The summed E-state index contributed by atoms with van der Waals surface area (Å²) >= 11 is 5.90. The fraction of sp³-hybridized carbons (Fsp3) is 0.462. The number of morpholine rings is 1. The smallest absolute Gasteiger partial charge is 0.227 e. The summed E-state index contributed by atoms with van der Waals surface area (Å²) in [5.74, 6) is 0.0963. The van der Waals surface area contributed by atoms with Gasteiger partial charge in [0.25, 0.3) is 0 Å². The van der Waals surface area contributed by atoms with E-state index in [2.05, 4.69) is 0 Å². The van der Waals surface area contributed by atoms with Crippen molar-refractivity contribution in [1.29, 1.82) is 0 Å². The predicted octanol–water partition coefficient (Wildman–Crippen LogP) is 1.07. The summed E-state index contributed by atoms with van der Waals surface area (Å²) in [6.45, 7) is 2.22. The minimum Gasteiger partial charge on any atom is -0.373 e. The fourth-order valence-corrected chi connectivity index (χ4v) is 2.23. The summed E-state index contributed by atoms with van der Waals surface area (Å²) in [5, 5.41) is 0.655. The zero-order chi connectivity index (χ0) is 13.0. The summed E-state index contributed by atoms with van der Waals surface area (Å²) < 4.78 is 5.44. The van der Waals surface area contributed by atoms with Crippen LogP contribution in [0.1, 0.15) is 5.56 Å². The summed E-state index contributed by atoms with van der Waals surface area (Å²) in [6, 6.07) is 7.38. The monoisotopic (exact) mass is 268 g/mol. The van der Waals surface area contributed by atoms with Crippen LogP contribution in [0.3, 0.4) is 0 Å². The van der Waals surface area contributed by atoms with E-state index in [-0.39, 0.29) is 12.0 Å². The Balaban J connectivity index is 1.95. The number of benzene rings is 1. The normalized spacial score (nSPS) is 19.9. The van der Waals surface area contributed by atoms with Crippen LogP contribution in [0, 0.1) is 0 Å². The number of rotatable bonds is 3. The maximum absolute atomic E-state index is 12.1. The maximum atomic E-state index is 12.1. The third-order valence-electron chi connectivity index (χ3n) is 3.00. The Labute approximate surface area is 112 Å². The highest BCUT2D eigenvalue weighted by Crippen LogP contribution is 2.13. The molecule has 98 valence electrons. The third-order valence-corrected chi connectivity index (χ3v) is 3.23. The zero-order valence-corrected chi connectivity index (χ0v) is 10.9. The first-order valence-electron chi connectivity index (χ1n) is 6.03. The van der Waals surface area contributed by atoms with Gasteiger partial charge in [-0.2, -0.15) is 0 Å². The Hall–Kier alpha value is -1.10. The van der Waals surface area contributed by atoms with E-state index in [1.54, 1.807) is 6.07 Å². The number of nitrogens with two attached hydrogens (primary N) is 1. The van der Waals surface area contributed by atoms with Crippen LogP contribution in [-0.2, 0) is 16.0 Å². The van der Waals surface area contributed by atoms with Gasteiger partial charge in [0.05, 0.1) is 19.1 Å². The number of ether oxygens (including phenoxy) is 1. The van der Waals surface area contributed by atoms with Gasteiger partial charge in [-0.05, 0) is 17.7 Å². The molecular weight excluding hydrogens is 252 g/mol. The number of nitrogens with zero attached hydrogens (tertiary/aromatic N) is 1. The van der Waals surface area contributed by atoms with E-state index in [9.17, 15) is 4.79 Å². The minimum absolute atomic E-state index is 0.0398. The Morgan fingerprint density at radius 3 is 3.11 bits per heavy atom. The van der Waals surface area contributed by atoms with Crippen molar-refractivity contribution in [3.05, 3.63) is 34.9 Å². The lowest BCUT2D eigenvalue weighted by molar-refractivity contribution is -0.137. The fourth-order valence-electron chi connectivity index (χ4n) is 2.02. The first-order chi connectivity index (χ1) is 8.69. The van der Waals surface area contributed by atoms with Gasteiger partial charge in [-0.1, -0.05) is 23.7 Å². The number of carbonyl (C=O) groups is 1. The molecule has 1 fully saturated rings. The highest BCUT2D eigenvalue weighted by atomic mass is 35.5. The topological polar surface area (TPSA) is 55.6 Å². The van der Waals surface area contributed by atoms with Crippen molar-refractivity contribution in [3.63, 3.8) is 0 Å². The van der Waals surface area contributed by atoms with Gasteiger partial charge >= 0.3 is 0 Å². The molecule has 1 saturated heterocycles. The van der Waals surface area contributed by atoms with Crippen molar-refractivity contribution >= 4 is 17.5 Å². The van der Waals surface area contributed by atoms with Crippen molar-refractivity contribution in [2.45, 2.75) is 12.5 Å². The van der Waals surface area contributed by atoms with Gasteiger partial charge in [0.15, 0.2) is 0 Å². The van der Waals surface area contributed by atoms with E-state index in [0.29, 0.717) is 37.7 Å². The maximum Gasteiger partial charge on any atom is 0.227 e. The van der Waals surface area contributed by atoms with Crippen LogP contribution in [-0.4, -0.2) is 43.2 Å². The molecule has 1 aromatic rings. The lowest BCUT2D eigenvalue weighted by Gasteiger charge is -2.32. The van der Waals surface area contributed by atoms with E-state index < -0.39 is 0 Å². The molecule has 18 heavy (non-hydrogen) atoms. The molecule has 1 unspecified atom stereocenters. The van der Waals surface area contributed by atoms with Gasteiger partial charge in [0, 0.05) is 24.7 Å².